The molecule has 0 radical (unpaired) electrons. The van der Waals surface area contributed by atoms with Crippen LogP contribution in [0.4, 0.5) is 5.69 Å². The van der Waals surface area contributed by atoms with Crippen LogP contribution in [0.5, 0.6) is 11.5 Å². The van der Waals surface area contributed by atoms with E-state index in [0.29, 0.717) is 35.0 Å². The lowest BCUT2D eigenvalue weighted by Crippen LogP contribution is -2.42. The van der Waals surface area contributed by atoms with E-state index in [-0.39, 0.29) is 11.8 Å². The van der Waals surface area contributed by atoms with Crippen molar-refractivity contribution in [2.75, 3.05) is 26.1 Å². The topological polar surface area (TPSA) is 67.9 Å². The molecule has 0 saturated carbocycles. The van der Waals surface area contributed by atoms with Crippen molar-refractivity contribution >= 4 is 28.8 Å². The standard InChI is InChI=1S/C18H20N2O4S/c1-23-14-8-7-12(11-15(14)24-2)19-17(21)13-5-3-9-20(13)18(22)16-6-4-10-25-16/h4,6-8,10-11,13H,3,5,9H2,1-2H3,(H,19,21). The normalized spacial score (nSPS) is 16.6. The van der Waals surface area contributed by atoms with Crippen molar-refractivity contribution in [1.29, 1.82) is 0 Å². The minimum absolute atomic E-state index is 0.0834. The monoisotopic (exact) mass is 360 g/mol. The third-order valence-electron chi connectivity index (χ3n) is 4.20. The van der Waals surface area contributed by atoms with E-state index in [0.717, 1.165) is 6.42 Å². The molecular weight excluding hydrogens is 340 g/mol. The first kappa shape index (κ1) is 17.3. The highest BCUT2D eigenvalue weighted by Gasteiger charge is 2.34. The summed E-state index contributed by atoms with van der Waals surface area (Å²) in [5.74, 6) is 0.865. The third-order valence-corrected chi connectivity index (χ3v) is 5.06. The Morgan fingerprint density at radius 2 is 2.00 bits per heavy atom. The fourth-order valence-corrected chi connectivity index (χ4v) is 3.64. The Hall–Kier alpha value is -2.54. The average Bonchev–Trinajstić information content (AvgIpc) is 3.32. The Kier molecular flexibility index (Phi) is 5.23. The van der Waals surface area contributed by atoms with E-state index in [4.69, 9.17) is 9.47 Å². The van der Waals surface area contributed by atoms with Crippen molar-refractivity contribution in [1.82, 2.24) is 4.90 Å². The highest BCUT2D eigenvalue weighted by molar-refractivity contribution is 7.12. The number of nitrogens with one attached hydrogen (secondary N) is 1. The van der Waals surface area contributed by atoms with E-state index < -0.39 is 6.04 Å². The first-order valence-corrected chi connectivity index (χ1v) is 8.89. The van der Waals surface area contributed by atoms with Crippen molar-refractivity contribution in [3.63, 3.8) is 0 Å². The number of likely N-dealkylation sites (tertiary alicyclic amines) is 1. The van der Waals surface area contributed by atoms with Crippen LogP contribution in [0.2, 0.25) is 0 Å². The molecule has 1 aliphatic heterocycles. The van der Waals surface area contributed by atoms with Gasteiger partial charge in [-0.1, -0.05) is 6.07 Å². The van der Waals surface area contributed by atoms with Crippen molar-refractivity contribution in [2.45, 2.75) is 18.9 Å². The number of thiophene rings is 1. The van der Waals surface area contributed by atoms with Gasteiger partial charge in [0.25, 0.3) is 5.91 Å². The van der Waals surface area contributed by atoms with Gasteiger partial charge in [-0.25, -0.2) is 0 Å². The molecule has 0 spiro atoms. The Morgan fingerprint density at radius 3 is 2.68 bits per heavy atom. The molecule has 1 N–H and O–H groups in total. The fourth-order valence-electron chi connectivity index (χ4n) is 2.96. The summed E-state index contributed by atoms with van der Waals surface area (Å²) in [6.07, 6.45) is 1.48. The molecule has 2 amide bonds. The van der Waals surface area contributed by atoms with Crippen LogP contribution in [0.3, 0.4) is 0 Å². The number of anilines is 1. The van der Waals surface area contributed by atoms with Gasteiger partial charge in [-0.15, -0.1) is 11.3 Å². The van der Waals surface area contributed by atoms with Crippen LogP contribution in [0.25, 0.3) is 0 Å². The molecular formula is C18H20N2O4S. The second-order valence-corrected chi connectivity index (χ2v) is 6.64. The lowest BCUT2D eigenvalue weighted by molar-refractivity contribution is -0.119. The molecule has 0 aliphatic carbocycles. The summed E-state index contributed by atoms with van der Waals surface area (Å²) < 4.78 is 10.4. The van der Waals surface area contributed by atoms with Gasteiger partial charge >= 0.3 is 0 Å². The first-order valence-electron chi connectivity index (χ1n) is 8.01. The molecule has 1 aromatic carbocycles. The second-order valence-electron chi connectivity index (χ2n) is 5.69. The molecule has 1 saturated heterocycles. The predicted molar refractivity (Wildman–Crippen MR) is 96.6 cm³/mol. The van der Waals surface area contributed by atoms with Crippen LogP contribution in [0.1, 0.15) is 22.5 Å². The Labute approximate surface area is 150 Å². The van der Waals surface area contributed by atoms with Crippen molar-refractivity contribution < 1.29 is 19.1 Å². The van der Waals surface area contributed by atoms with Crippen molar-refractivity contribution in [3.05, 3.63) is 40.6 Å². The van der Waals surface area contributed by atoms with Gasteiger partial charge in [-0.2, -0.15) is 0 Å². The van der Waals surface area contributed by atoms with E-state index >= 15 is 0 Å². The minimum Gasteiger partial charge on any atom is -0.493 e. The molecule has 6 nitrogen and oxygen atoms in total. The summed E-state index contributed by atoms with van der Waals surface area (Å²) >= 11 is 1.39. The van der Waals surface area contributed by atoms with Gasteiger partial charge in [0.2, 0.25) is 5.91 Å². The van der Waals surface area contributed by atoms with Gasteiger partial charge in [-0.3, -0.25) is 9.59 Å². The molecule has 2 heterocycles. The Morgan fingerprint density at radius 1 is 1.20 bits per heavy atom. The molecule has 25 heavy (non-hydrogen) atoms. The maximum absolute atomic E-state index is 12.7. The summed E-state index contributed by atoms with van der Waals surface area (Å²) in [4.78, 5) is 27.6. The molecule has 1 aromatic heterocycles. The summed E-state index contributed by atoms with van der Waals surface area (Å²) in [6, 6.07) is 8.36. The number of benzene rings is 1. The molecule has 0 bridgehead atoms. The van der Waals surface area contributed by atoms with Gasteiger partial charge in [0, 0.05) is 18.3 Å². The zero-order chi connectivity index (χ0) is 17.8. The number of hydrogen-bond acceptors (Lipinski definition) is 5. The van der Waals surface area contributed by atoms with Gasteiger partial charge in [-0.05, 0) is 36.4 Å². The molecule has 1 unspecified atom stereocenters. The fraction of sp³-hybridized carbons (Fsp3) is 0.333. The van der Waals surface area contributed by atoms with Gasteiger partial charge in [0.05, 0.1) is 19.1 Å². The zero-order valence-electron chi connectivity index (χ0n) is 14.2. The van der Waals surface area contributed by atoms with E-state index in [1.165, 1.54) is 11.3 Å². The number of hydrogen-bond donors (Lipinski definition) is 1. The Bertz CT molecular complexity index is 760. The van der Waals surface area contributed by atoms with Crippen LogP contribution < -0.4 is 14.8 Å². The highest BCUT2D eigenvalue weighted by atomic mass is 32.1. The predicted octanol–water partition coefficient (Wildman–Crippen LogP) is 3.01. The number of rotatable bonds is 5. The van der Waals surface area contributed by atoms with Crippen molar-refractivity contribution in [3.8, 4) is 11.5 Å². The quantitative estimate of drug-likeness (QED) is 0.890. The number of ether oxygens (including phenoxy) is 2. The van der Waals surface area contributed by atoms with E-state index in [2.05, 4.69) is 5.32 Å². The second kappa shape index (κ2) is 7.57. The maximum Gasteiger partial charge on any atom is 0.264 e. The lowest BCUT2D eigenvalue weighted by atomic mass is 10.2. The Balaban J connectivity index is 1.73. The number of carbonyl (C=O) groups excluding carboxylic acids is 2. The van der Waals surface area contributed by atoms with Crippen molar-refractivity contribution in [2.24, 2.45) is 0 Å². The third kappa shape index (κ3) is 3.61. The number of carbonyl (C=O) groups is 2. The van der Waals surface area contributed by atoms with Crippen LogP contribution in [0.15, 0.2) is 35.7 Å². The summed E-state index contributed by atoms with van der Waals surface area (Å²) in [5.41, 5.74) is 0.609. The first-order chi connectivity index (χ1) is 12.1. The molecule has 7 heteroatoms. The van der Waals surface area contributed by atoms with Gasteiger partial charge < -0.3 is 19.7 Å². The van der Waals surface area contributed by atoms with Gasteiger partial charge in [0.1, 0.15) is 6.04 Å². The van der Waals surface area contributed by atoms with E-state index in [9.17, 15) is 9.59 Å². The minimum atomic E-state index is -0.456. The number of methoxy groups -OCH3 is 2. The summed E-state index contributed by atoms with van der Waals surface area (Å²) in [6.45, 7) is 0.598. The average molecular weight is 360 g/mol. The van der Waals surface area contributed by atoms with Crippen LogP contribution in [0, 0.1) is 0 Å². The highest BCUT2D eigenvalue weighted by Crippen LogP contribution is 2.30. The van der Waals surface area contributed by atoms with Gasteiger partial charge in [0.15, 0.2) is 11.5 Å². The van der Waals surface area contributed by atoms with Crippen LogP contribution in [-0.2, 0) is 4.79 Å². The van der Waals surface area contributed by atoms with E-state index in [1.54, 1.807) is 43.4 Å². The molecule has 1 aliphatic rings. The summed E-state index contributed by atoms with van der Waals surface area (Å²) in [5, 5.41) is 4.74. The number of amides is 2. The SMILES string of the molecule is COc1ccc(NC(=O)C2CCCN2C(=O)c2cccs2)cc1OC. The van der Waals surface area contributed by atoms with Crippen LogP contribution >= 0.6 is 11.3 Å². The maximum atomic E-state index is 12.7. The largest absolute Gasteiger partial charge is 0.493 e. The van der Waals surface area contributed by atoms with Crippen LogP contribution in [-0.4, -0.2) is 43.5 Å². The number of nitrogens with zero attached hydrogens (tertiary/aromatic N) is 1. The molecule has 132 valence electrons. The lowest BCUT2D eigenvalue weighted by Gasteiger charge is -2.23. The summed E-state index contributed by atoms with van der Waals surface area (Å²) in [7, 11) is 3.10. The molecule has 2 aromatic rings. The zero-order valence-corrected chi connectivity index (χ0v) is 15.0. The molecule has 1 atom stereocenters. The molecule has 3 rings (SSSR count). The molecule has 1 fully saturated rings. The van der Waals surface area contributed by atoms with E-state index in [1.807, 2.05) is 11.4 Å². The smallest absolute Gasteiger partial charge is 0.264 e.